The zero-order chi connectivity index (χ0) is 13.8. The molecule has 2 aromatic carbocycles. The SMILES string of the molecule is CNc1ccc(C(=O)Nc2ccccc2Cl)c(C)c1. The second kappa shape index (κ2) is 5.76. The third-order valence-corrected chi connectivity index (χ3v) is 3.21. The van der Waals surface area contributed by atoms with Gasteiger partial charge in [0.1, 0.15) is 0 Å². The molecule has 0 spiro atoms. The van der Waals surface area contributed by atoms with Crippen molar-refractivity contribution in [3.8, 4) is 0 Å². The predicted octanol–water partition coefficient (Wildman–Crippen LogP) is 3.94. The van der Waals surface area contributed by atoms with Crippen LogP contribution in [0.5, 0.6) is 0 Å². The molecule has 1 amide bonds. The van der Waals surface area contributed by atoms with Crippen LogP contribution in [0.15, 0.2) is 42.5 Å². The molecule has 0 saturated carbocycles. The number of rotatable bonds is 3. The minimum absolute atomic E-state index is 0.159. The smallest absolute Gasteiger partial charge is 0.255 e. The number of para-hydroxylation sites is 1. The Balaban J connectivity index is 2.23. The second-order valence-electron chi connectivity index (χ2n) is 4.21. The van der Waals surface area contributed by atoms with Gasteiger partial charge in [0, 0.05) is 18.3 Å². The van der Waals surface area contributed by atoms with Crippen LogP contribution in [0, 0.1) is 6.92 Å². The summed E-state index contributed by atoms with van der Waals surface area (Å²) in [5.41, 5.74) is 3.15. The number of amides is 1. The second-order valence-corrected chi connectivity index (χ2v) is 4.62. The summed E-state index contributed by atoms with van der Waals surface area (Å²) in [5.74, 6) is -0.159. The molecule has 0 aliphatic heterocycles. The maximum absolute atomic E-state index is 12.2. The van der Waals surface area contributed by atoms with Crippen molar-refractivity contribution in [3.05, 3.63) is 58.6 Å². The minimum atomic E-state index is -0.159. The third kappa shape index (κ3) is 3.06. The Kier molecular flexibility index (Phi) is 4.07. The van der Waals surface area contributed by atoms with Crippen LogP contribution in [0.4, 0.5) is 11.4 Å². The number of hydrogen-bond donors (Lipinski definition) is 2. The molecule has 0 saturated heterocycles. The van der Waals surface area contributed by atoms with Crippen LogP contribution in [-0.4, -0.2) is 13.0 Å². The average molecular weight is 275 g/mol. The molecule has 2 N–H and O–H groups in total. The van der Waals surface area contributed by atoms with Crippen molar-refractivity contribution in [2.45, 2.75) is 6.92 Å². The van der Waals surface area contributed by atoms with Gasteiger partial charge in [-0.3, -0.25) is 4.79 Å². The standard InChI is InChI=1S/C15H15ClN2O/c1-10-9-11(17-2)7-8-12(10)15(19)18-14-6-4-3-5-13(14)16/h3-9,17H,1-2H3,(H,18,19). The van der Waals surface area contributed by atoms with Gasteiger partial charge in [-0.05, 0) is 42.8 Å². The highest BCUT2D eigenvalue weighted by Crippen LogP contribution is 2.22. The van der Waals surface area contributed by atoms with Gasteiger partial charge in [0.15, 0.2) is 0 Å². The zero-order valence-electron chi connectivity index (χ0n) is 10.8. The lowest BCUT2D eigenvalue weighted by Gasteiger charge is -2.10. The number of nitrogens with one attached hydrogen (secondary N) is 2. The first-order valence-corrected chi connectivity index (χ1v) is 6.34. The Bertz CT molecular complexity index is 611. The third-order valence-electron chi connectivity index (χ3n) is 2.88. The van der Waals surface area contributed by atoms with Crippen molar-refractivity contribution in [1.29, 1.82) is 0 Å². The first-order valence-electron chi connectivity index (χ1n) is 5.96. The molecule has 2 rings (SSSR count). The van der Waals surface area contributed by atoms with Crippen LogP contribution in [0.1, 0.15) is 15.9 Å². The molecule has 0 unspecified atom stereocenters. The minimum Gasteiger partial charge on any atom is -0.388 e. The van der Waals surface area contributed by atoms with E-state index < -0.39 is 0 Å². The van der Waals surface area contributed by atoms with Crippen molar-refractivity contribution in [3.63, 3.8) is 0 Å². The van der Waals surface area contributed by atoms with Gasteiger partial charge in [-0.25, -0.2) is 0 Å². The van der Waals surface area contributed by atoms with E-state index in [-0.39, 0.29) is 5.91 Å². The summed E-state index contributed by atoms with van der Waals surface area (Å²) in [6.45, 7) is 1.91. The van der Waals surface area contributed by atoms with Gasteiger partial charge >= 0.3 is 0 Å². The maximum Gasteiger partial charge on any atom is 0.255 e. The lowest BCUT2D eigenvalue weighted by atomic mass is 10.1. The number of hydrogen-bond acceptors (Lipinski definition) is 2. The number of aryl methyl sites for hydroxylation is 1. The van der Waals surface area contributed by atoms with Gasteiger partial charge in [-0.1, -0.05) is 23.7 Å². The monoisotopic (exact) mass is 274 g/mol. The topological polar surface area (TPSA) is 41.1 Å². The Morgan fingerprint density at radius 3 is 2.53 bits per heavy atom. The predicted molar refractivity (Wildman–Crippen MR) is 80.1 cm³/mol. The first-order chi connectivity index (χ1) is 9.11. The van der Waals surface area contributed by atoms with Crippen LogP contribution in [-0.2, 0) is 0 Å². The zero-order valence-corrected chi connectivity index (χ0v) is 11.6. The Hall–Kier alpha value is -2.00. The van der Waals surface area contributed by atoms with Gasteiger partial charge in [0.05, 0.1) is 10.7 Å². The molecule has 4 heteroatoms. The highest BCUT2D eigenvalue weighted by Gasteiger charge is 2.10. The Morgan fingerprint density at radius 1 is 1.16 bits per heavy atom. The summed E-state index contributed by atoms with van der Waals surface area (Å²) in [5, 5.41) is 6.38. The lowest BCUT2D eigenvalue weighted by Crippen LogP contribution is -2.13. The summed E-state index contributed by atoms with van der Waals surface area (Å²) in [4.78, 5) is 12.2. The fourth-order valence-electron chi connectivity index (χ4n) is 1.83. The molecular formula is C15H15ClN2O. The summed E-state index contributed by atoms with van der Waals surface area (Å²) in [6, 6.07) is 12.8. The van der Waals surface area contributed by atoms with E-state index in [1.165, 1.54) is 0 Å². The van der Waals surface area contributed by atoms with Crippen LogP contribution in [0.3, 0.4) is 0 Å². The van der Waals surface area contributed by atoms with Crippen molar-refractivity contribution in [2.24, 2.45) is 0 Å². The van der Waals surface area contributed by atoms with E-state index in [4.69, 9.17) is 11.6 Å². The van der Waals surface area contributed by atoms with E-state index in [0.29, 0.717) is 16.3 Å². The fraction of sp³-hybridized carbons (Fsp3) is 0.133. The molecule has 0 aliphatic rings. The molecule has 0 radical (unpaired) electrons. The van der Waals surface area contributed by atoms with E-state index in [2.05, 4.69) is 10.6 Å². The highest BCUT2D eigenvalue weighted by molar-refractivity contribution is 6.33. The summed E-state index contributed by atoms with van der Waals surface area (Å²) in [7, 11) is 1.85. The van der Waals surface area contributed by atoms with E-state index in [9.17, 15) is 4.79 Å². The van der Waals surface area contributed by atoms with Gasteiger partial charge in [-0.15, -0.1) is 0 Å². The van der Waals surface area contributed by atoms with E-state index in [0.717, 1.165) is 11.3 Å². The number of anilines is 2. The van der Waals surface area contributed by atoms with E-state index >= 15 is 0 Å². The summed E-state index contributed by atoms with van der Waals surface area (Å²) in [6.07, 6.45) is 0. The molecule has 98 valence electrons. The summed E-state index contributed by atoms with van der Waals surface area (Å²) < 4.78 is 0. The Morgan fingerprint density at radius 2 is 1.89 bits per heavy atom. The van der Waals surface area contributed by atoms with Crippen molar-refractivity contribution < 1.29 is 4.79 Å². The Labute approximate surface area is 117 Å². The first kappa shape index (κ1) is 13.4. The number of carbonyl (C=O) groups is 1. The molecule has 0 atom stereocenters. The number of benzene rings is 2. The molecule has 0 bridgehead atoms. The largest absolute Gasteiger partial charge is 0.388 e. The van der Waals surface area contributed by atoms with Crippen molar-refractivity contribution >= 4 is 28.9 Å². The quantitative estimate of drug-likeness (QED) is 0.890. The molecule has 19 heavy (non-hydrogen) atoms. The van der Waals surface area contributed by atoms with Gasteiger partial charge in [0.25, 0.3) is 5.91 Å². The molecule has 3 nitrogen and oxygen atoms in total. The normalized spacial score (nSPS) is 10.1. The molecule has 0 heterocycles. The molecule has 2 aromatic rings. The van der Waals surface area contributed by atoms with Crippen LogP contribution in [0.2, 0.25) is 5.02 Å². The molecule has 0 fully saturated rings. The van der Waals surface area contributed by atoms with Crippen molar-refractivity contribution in [2.75, 3.05) is 17.7 Å². The van der Waals surface area contributed by atoms with Crippen LogP contribution >= 0.6 is 11.6 Å². The molecular weight excluding hydrogens is 260 g/mol. The average Bonchev–Trinajstić information content (AvgIpc) is 2.41. The van der Waals surface area contributed by atoms with Crippen LogP contribution in [0.25, 0.3) is 0 Å². The van der Waals surface area contributed by atoms with Gasteiger partial charge in [0.2, 0.25) is 0 Å². The number of carbonyl (C=O) groups excluding carboxylic acids is 1. The highest BCUT2D eigenvalue weighted by atomic mass is 35.5. The fourth-order valence-corrected chi connectivity index (χ4v) is 2.01. The van der Waals surface area contributed by atoms with Gasteiger partial charge < -0.3 is 10.6 Å². The molecule has 0 aliphatic carbocycles. The van der Waals surface area contributed by atoms with E-state index in [1.807, 2.05) is 38.2 Å². The van der Waals surface area contributed by atoms with Crippen LogP contribution < -0.4 is 10.6 Å². The number of halogens is 1. The van der Waals surface area contributed by atoms with E-state index in [1.54, 1.807) is 18.2 Å². The maximum atomic E-state index is 12.2. The lowest BCUT2D eigenvalue weighted by molar-refractivity contribution is 0.102. The molecule has 0 aromatic heterocycles. The summed E-state index contributed by atoms with van der Waals surface area (Å²) >= 11 is 6.02. The van der Waals surface area contributed by atoms with Crippen molar-refractivity contribution in [1.82, 2.24) is 0 Å². The van der Waals surface area contributed by atoms with Gasteiger partial charge in [-0.2, -0.15) is 0 Å².